The van der Waals surface area contributed by atoms with Crippen molar-refractivity contribution in [3.63, 3.8) is 0 Å². The van der Waals surface area contributed by atoms with E-state index < -0.39 is 0 Å². The van der Waals surface area contributed by atoms with Crippen molar-refractivity contribution in [2.45, 2.75) is 62.6 Å². The van der Waals surface area contributed by atoms with E-state index in [1.54, 1.807) is 6.07 Å². The van der Waals surface area contributed by atoms with Gasteiger partial charge in [0.25, 0.3) is 0 Å². The lowest BCUT2D eigenvalue weighted by Gasteiger charge is -2.42. The summed E-state index contributed by atoms with van der Waals surface area (Å²) >= 11 is 0. The van der Waals surface area contributed by atoms with Crippen LogP contribution in [-0.4, -0.2) is 36.1 Å². The first-order valence-corrected chi connectivity index (χ1v) is 8.53. The Balaban J connectivity index is 1.27. The van der Waals surface area contributed by atoms with Crippen molar-refractivity contribution in [2.75, 3.05) is 13.1 Å². The number of nitrogens with one attached hydrogen (secondary N) is 1. The number of halogens is 1. The first-order chi connectivity index (χ1) is 10.3. The molecule has 3 aliphatic rings. The molecule has 0 radical (unpaired) electrons. The van der Waals surface area contributed by atoms with Crippen LogP contribution >= 0.6 is 0 Å². The third-order valence-corrected chi connectivity index (χ3v) is 5.75. The van der Waals surface area contributed by atoms with Crippen LogP contribution in [0.25, 0.3) is 0 Å². The summed E-state index contributed by atoms with van der Waals surface area (Å²) in [5.74, 6) is 0.460. The molecule has 2 heterocycles. The Morgan fingerprint density at radius 2 is 1.95 bits per heavy atom. The lowest BCUT2D eigenvalue weighted by Crippen LogP contribution is -2.51. The van der Waals surface area contributed by atoms with Crippen molar-refractivity contribution in [2.24, 2.45) is 0 Å². The Bertz CT molecular complexity index is 498. The number of fused-ring (bicyclic) bond motifs is 1. The molecule has 1 N–H and O–H groups in total. The quantitative estimate of drug-likeness (QED) is 0.918. The minimum Gasteiger partial charge on any atom is -0.311 e. The second-order valence-corrected chi connectivity index (χ2v) is 7.14. The number of hydrogen-bond acceptors (Lipinski definition) is 2. The van der Waals surface area contributed by atoms with Gasteiger partial charge in [-0.3, -0.25) is 0 Å². The molecule has 0 aromatic heterocycles. The lowest BCUT2D eigenvalue weighted by molar-refractivity contribution is 0.146. The van der Waals surface area contributed by atoms with E-state index in [-0.39, 0.29) is 5.82 Å². The zero-order chi connectivity index (χ0) is 14.2. The van der Waals surface area contributed by atoms with Gasteiger partial charge in [-0.1, -0.05) is 12.1 Å². The minimum atomic E-state index is -0.0995. The van der Waals surface area contributed by atoms with Gasteiger partial charge in [0.05, 0.1) is 0 Å². The molecular formula is C18H25FN2. The second kappa shape index (κ2) is 5.69. The molecule has 1 aromatic rings. The average Bonchev–Trinajstić information content (AvgIpc) is 2.89. The van der Waals surface area contributed by atoms with Crippen molar-refractivity contribution in [1.29, 1.82) is 0 Å². The number of hydrogen-bond donors (Lipinski definition) is 1. The van der Waals surface area contributed by atoms with Gasteiger partial charge in [-0.2, -0.15) is 0 Å². The topological polar surface area (TPSA) is 15.3 Å². The van der Waals surface area contributed by atoms with E-state index in [0.717, 1.165) is 6.04 Å². The minimum absolute atomic E-state index is 0.0995. The first kappa shape index (κ1) is 13.7. The molecule has 2 unspecified atom stereocenters. The molecule has 3 fully saturated rings. The Hall–Kier alpha value is -0.930. The fraction of sp³-hybridized carbons (Fsp3) is 0.667. The van der Waals surface area contributed by atoms with E-state index in [2.05, 4.69) is 16.3 Å². The maximum absolute atomic E-state index is 13.3. The third-order valence-electron chi connectivity index (χ3n) is 5.75. The van der Waals surface area contributed by atoms with E-state index in [0.29, 0.717) is 18.0 Å². The highest BCUT2D eigenvalue weighted by Crippen LogP contribution is 2.38. The molecule has 2 aliphatic heterocycles. The molecule has 2 atom stereocenters. The van der Waals surface area contributed by atoms with E-state index in [9.17, 15) is 4.39 Å². The first-order valence-electron chi connectivity index (χ1n) is 8.53. The van der Waals surface area contributed by atoms with Gasteiger partial charge in [0.1, 0.15) is 5.82 Å². The lowest BCUT2D eigenvalue weighted by atomic mass is 9.75. The van der Waals surface area contributed by atoms with E-state index in [1.807, 2.05) is 6.07 Å². The number of rotatable bonds is 3. The Morgan fingerprint density at radius 1 is 1.05 bits per heavy atom. The molecule has 2 saturated heterocycles. The van der Waals surface area contributed by atoms with Crippen LogP contribution < -0.4 is 5.32 Å². The van der Waals surface area contributed by atoms with E-state index in [1.165, 1.54) is 63.2 Å². The molecule has 1 aliphatic carbocycles. The second-order valence-electron chi connectivity index (χ2n) is 7.14. The fourth-order valence-electron chi connectivity index (χ4n) is 4.50. The van der Waals surface area contributed by atoms with Crippen LogP contribution in [0.2, 0.25) is 0 Å². The predicted octanol–water partition coefficient (Wildman–Crippen LogP) is 3.29. The standard InChI is InChI=1S/C18H25FN2/c19-15-4-1-3-13(9-15)14-10-17(11-14)20-16-6-8-21-7-2-5-18(21)12-16/h1,3-4,9,14,16-18,20H,2,5-8,10-12H2. The SMILES string of the molecule is Fc1cccc(C2CC(NC3CCN4CCCC4C3)C2)c1. The van der Waals surface area contributed by atoms with E-state index >= 15 is 0 Å². The normalized spacial score (nSPS) is 36.2. The van der Waals surface area contributed by atoms with Crippen molar-refractivity contribution in [1.82, 2.24) is 10.2 Å². The molecule has 4 rings (SSSR count). The molecule has 0 amide bonds. The van der Waals surface area contributed by atoms with Crippen LogP contribution in [0.4, 0.5) is 4.39 Å². The molecule has 1 aromatic carbocycles. The summed E-state index contributed by atoms with van der Waals surface area (Å²) in [7, 11) is 0. The van der Waals surface area contributed by atoms with Crippen LogP contribution in [-0.2, 0) is 0 Å². The number of nitrogens with zero attached hydrogens (tertiary/aromatic N) is 1. The largest absolute Gasteiger partial charge is 0.311 e. The number of benzene rings is 1. The van der Waals surface area contributed by atoms with Crippen LogP contribution in [0.5, 0.6) is 0 Å². The van der Waals surface area contributed by atoms with Gasteiger partial charge in [-0.15, -0.1) is 0 Å². The van der Waals surface area contributed by atoms with Crippen molar-refractivity contribution >= 4 is 0 Å². The summed E-state index contributed by atoms with van der Waals surface area (Å²) in [5, 5.41) is 3.86. The van der Waals surface area contributed by atoms with Gasteiger partial charge in [0, 0.05) is 18.1 Å². The molecule has 114 valence electrons. The zero-order valence-corrected chi connectivity index (χ0v) is 12.6. The van der Waals surface area contributed by atoms with Gasteiger partial charge in [0.2, 0.25) is 0 Å². The molecule has 2 nitrogen and oxygen atoms in total. The smallest absolute Gasteiger partial charge is 0.123 e. The van der Waals surface area contributed by atoms with Gasteiger partial charge in [-0.05, 0) is 75.2 Å². The van der Waals surface area contributed by atoms with Crippen LogP contribution in [0.1, 0.15) is 50.0 Å². The van der Waals surface area contributed by atoms with Crippen molar-refractivity contribution in [3.05, 3.63) is 35.6 Å². The highest BCUT2D eigenvalue weighted by atomic mass is 19.1. The zero-order valence-electron chi connectivity index (χ0n) is 12.6. The summed E-state index contributed by atoms with van der Waals surface area (Å²) in [6.07, 6.45) is 7.78. The van der Waals surface area contributed by atoms with Crippen molar-refractivity contribution in [3.8, 4) is 0 Å². The Kier molecular flexibility index (Phi) is 3.72. The molecule has 0 bridgehead atoms. The Morgan fingerprint density at radius 3 is 2.81 bits per heavy atom. The summed E-state index contributed by atoms with van der Waals surface area (Å²) in [5.41, 5.74) is 1.18. The van der Waals surface area contributed by atoms with Gasteiger partial charge in [-0.25, -0.2) is 4.39 Å². The summed E-state index contributed by atoms with van der Waals surface area (Å²) in [6.45, 7) is 2.60. The van der Waals surface area contributed by atoms with Crippen LogP contribution in [0.3, 0.4) is 0 Å². The third kappa shape index (κ3) is 2.86. The summed E-state index contributed by atoms with van der Waals surface area (Å²) < 4.78 is 13.3. The molecule has 21 heavy (non-hydrogen) atoms. The monoisotopic (exact) mass is 288 g/mol. The predicted molar refractivity (Wildman–Crippen MR) is 82.9 cm³/mol. The fourth-order valence-corrected chi connectivity index (χ4v) is 4.50. The van der Waals surface area contributed by atoms with Crippen molar-refractivity contribution < 1.29 is 4.39 Å². The highest BCUT2D eigenvalue weighted by molar-refractivity contribution is 5.23. The maximum Gasteiger partial charge on any atom is 0.123 e. The van der Waals surface area contributed by atoms with Gasteiger partial charge < -0.3 is 10.2 Å². The Labute approximate surface area is 126 Å². The van der Waals surface area contributed by atoms with Crippen LogP contribution in [0.15, 0.2) is 24.3 Å². The van der Waals surface area contributed by atoms with Crippen LogP contribution in [0, 0.1) is 5.82 Å². The van der Waals surface area contributed by atoms with E-state index in [4.69, 9.17) is 0 Å². The maximum atomic E-state index is 13.3. The highest BCUT2D eigenvalue weighted by Gasteiger charge is 2.36. The molecule has 1 saturated carbocycles. The summed E-state index contributed by atoms with van der Waals surface area (Å²) in [6, 6.07) is 9.35. The molecular weight excluding hydrogens is 263 g/mol. The molecule has 3 heteroatoms. The number of piperidine rings is 1. The average molecular weight is 288 g/mol. The molecule has 0 spiro atoms. The van der Waals surface area contributed by atoms with Gasteiger partial charge >= 0.3 is 0 Å². The van der Waals surface area contributed by atoms with Gasteiger partial charge in [0.15, 0.2) is 0 Å². The summed E-state index contributed by atoms with van der Waals surface area (Å²) in [4.78, 5) is 2.68.